The van der Waals surface area contributed by atoms with Gasteiger partial charge in [0.05, 0.1) is 5.37 Å². The van der Waals surface area contributed by atoms with Crippen LogP contribution in [0.2, 0.25) is 0 Å². The summed E-state index contributed by atoms with van der Waals surface area (Å²) in [6, 6.07) is 10.5. The molecule has 0 amide bonds. The van der Waals surface area contributed by atoms with E-state index in [0.29, 0.717) is 5.37 Å². The van der Waals surface area contributed by atoms with E-state index in [1.165, 1.54) is 11.3 Å². The predicted molar refractivity (Wildman–Crippen MR) is 68.8 cm³/mol. The van der Waals surface area contributed by atoms with Crippen molar-refractivity contribution >= 4 is 11.8 Å². The predicted octanol–water partition coefficient (Wildman–Crippen LogP) is -3.19. The number of thioether (sulfide) groups is 1. The molecule has 18 heavy (non-hydrogen) atoms. The number of hydrogen-bond donors (Lipinski definition) is 1. The number of rotatable bonds is 4. The topological polar surface area (TPSA) is 23.5 Å². The van der Waals surface area contributed by atoms with Crippen molar-refractivity contribution in [2.24, 2.45) is 0 Å². The maximum Gasteiger partial charge on any atom is 1.00 e. The molecule has 1 unspecified atom stereocenters. The summed E-state index contributed by atoms with van der Waals surface area (Å²) in [7, 11) is 0. The Morgan fingerprint density at radius 3 is 2.56 bits per heavy atom. The molecule has 94 valence electrons. The normalized spacial score (nSPS) is 17.8. The van der Waals surface area contributed by atoms with Gasteiger partial charge in [-0.1, -0.05) is 30.3 Å². The zero-order valence-corrected chi connectivity index (χ0v) is 12.4. The van der Waals surface area contributed by atoms with Crippen LogP contribution in [-0.2, 0) is 6.54 Å². The number of hydrogen-bond acceptors (Lipinski definition) is 3. The summed E-state index contributed by atoms with van der Waals surface area (Å²) in [6.45, 7) is 3.36. The van der Waals surface area contributed by atoms with Crippen molar-refractivity contribution in [1.29, 1.82) is 0 Å². The van der Waals surface area contributed by atoms with E-state index in [9.17, 15) is 0 Å². The van der Waals surface area contributed by atoms with Gasteiger partial charge in [-0.3, -0.25) is 0 Å². The van der Waals surface area contributed by atoms with E-state index < -0.39 is 0 Å². The molecule has 1 aliphatic rings. The van der Waals surface area contributed by atoms with Crippen molar-refractivity contribution in [2.45, 2.75) is 25.3 Å². The minimum atomic E-state index is 0. The molecular weight excluding hydrogens is 261 g/mol. The van der Waals surface area contributed by atoms with Gasteiger partial charge in [0.15, 0.2) is 0 Å². The molecule has 1 aromatic rings. The first kappa shape index (κ1) is 18.0. The van der Waals surface area contributed by atoms with Crippen molar-refractivity contribution in [3.8, 4) is 0 Å². The van der Waals surface area contributed by atoms with Crippen LogP contribution in [0.15, 0.2) is 41.4 Å². The number of nitrogens with zero attached hydrogens (tertiary/aromatic N) is 1. The summed E-state index contributed by atoms with van der Waals surface area (Å²) in [6.07, 6.45) is 0.754. The van der Waals surface area contributed by atoms with E-state index >= 15 is 0 Å². The van der Waals surface area contributed by atoms with E-state index in [-0.39, 0.29) is 37.9 Å². The molecule has 0 aromatic heterocycles. The Balaban J connectivity index is 0.00000144. The largest absolute Gasteiger partial charge is 1.00 e. The van der Waals surface area contributed by atoms with Crippen LogP contribution >= 0.6 is 11.8 Å². The Labute approximate surface area is 131 Å². The first-order valence-electron chi connectivity index (χ1n) is 5.57. The second kappa shape index (κ2) is 8.96. The van der Waals surface area contributed by atoms with Crippen LogP contribution in [0.4, 0.5) is 0 Å². The number of aliphatic hydroxyl groups excluding tert-OH is 1. The molecule has 1 aliphatic heterocycles. The van der Waals surface area contributed by atoms with E-state index in [1.807, 2.05) is 17.8 Å². The van der Waals surface area contributed by atoms with Gasteiger partial charge in [-0.05, 0) is 17.9 Å². The molecule has 0 radical (unpaired) electrons. The molecule has 2 rings (SSSR count). The zero-order chi connectivity index (χ0) is 11.4. The van der Waals surface area contributed by atoms with Crippen molar-refractivity contribution < 1.29 is 36.4 Å². The van der Waals surface area contributed by atoms with Gasteiger partial charge in [0.25, 0.3) is 0 Å². The summed E-state index contributed by atoms with van der Waals surface area (Å²) >= 11 is 1.83. The Hall–Kier alpha value is -0.0426. The molecule has 5 heteroatoms. The Bertz CT molecular complexity index is 375. The first-order chi connectivity index (χ1) is 7.81. The molecule has 1 heterocycles. The van der Waals surface area contributed by atoms with Gasteiger partial charge in [-0.2, -0.15) is 0 Å². The fraction of sp³-hybridized carbons (Fsp3) is 0.385. The van der Waals surface area contributed by atoms with Gasteiger partial charge in [0, 0.05) is 25.3 Å². The summed E-state index contributed by atoms with van der Waals surface area (Å²) < 4.78 is 0. The van der Waals surface area contributed by atoms with Gasteiger partial charge < -0.3 is 22.4 Å². The van der Waals surface area contributed by atoms with E-state index in [1.54, 1.807) is 0 Å². The third kappa shape index (κ3) is 4.57. The third-order valence-electron chi connectivity index (χ3n) is 2.77. The van der Waals surface area contributed by atoms with Crippen LogP contribution in [-0.4, -0.2) is 22.0 Å². The standard InChI is InChI=1S/C13H17NOS.ClH.Li/c1-11-14(13(7-8-15)10-16-11)9-12-5-3-2-4-6-12;;/h2-6,10-11,15H,7-9H2,1H3;1H;/q;;+1/p-1. The third-order valence-corrected chi connectivity index (χ3v) is 3.83. The summed E-state index contributed by atoms with van der Waals surface area (Å²) in [5.74, 6) is 0. The molecule has 1 atom stereocenters. The van der Waals surface area contributed by atoms with Crippen LogP contribution < -0.4 is 31.3 Å². The molecule has 0 bridgehead atoms. The summed E-state index contributed by atoms with van der Waals surface area (Å²) in [4.78, 5) is 2.36. The second-order valence-corrected chi connectivity index (χ2v) is 5.12. The second-order valence-electron chi connectivity index (χ2n) is 3.93. The molecule has 1 aromatic carbocycles. The van der Waals surface area contributed by atoms with Crippen molar-refractivity contribution in [2.75, 3.05) is 6.61 Å². The number of aliphatic hydroxyl groups is 1. The SMILES string of the molecule is CC1SC=C(CCO)N1Cc1ccccc1.[Cl-].[Li+]. The van der Waals surface area contributed by atoms with E-state index in [4.69, 9.17) is 5.11 Å². The van der Waals surface area contributed by atoms with Gasteiger partial charge in [-0.25, -0.2) is 0 Å². The van der Waals surface area contributed by atoms with Crippen LogP contribution in [0.3, 0.4) is 0 Å². The molecule has 0 fully saturated rings. The Morgan fingerprint density at radius 1 is 1.28 bits per heavy atom. The van der Waals surface area contributed by atoms with Gasteiger partial charge >= 0.3 is 18.9 Å². The smallest absolute Gasteiger partial charge is 1.00 e. The average Bonchev–Trinajstić information content (AvgIpc) is 2.64. The number of halogens is 1. The van der Waals surface area contributed by atoms with Crippen LogP contribution in [0.25, 0.3) is 0 Å². The summed E-state index contributed by atoms with van der Waals surface area (Å²) in [5.41, 5.74) is 2.57. The van der Waals surface area contributed by atoms with Crippen molar-refractivity contribution in [3.05, 3.63) is 47.0 Å². The summed E-state index contributed by atoms with van der Waals surface area (Å²) in [5, 5.41) is 11.7. The molecule has 0 saturated carbocycles. The maximum atomic E-state index is 9.02. The minimum absolute atomic E-state index is 0. The average molecular weight is 278 g/mol. The van der Waals surface area contributed by atoms with Gasteiger partial charge in [0.2, 0.25) is 0 Å². The molecular formula is C13H17ClLiNOS. The monoisotopic (exact) mass is 277 g/mol. The van der Waals surface area contributed by atoms with E-state index in [0.717, 1.165) is 13.0 Å². The van der Waals surface area contributed by atoms with Crippen molar-refractivity contribution in [3.63, 3.8) is 0 Å². The van der Waals surface area contributed by atoms with Gasteiger partial charge in [0.1, 0.15) is 0 Å². The zero-order valence-electron chi connectivity index (χ0n) is 10.8. The maximum absolute atomic E-state index is 9.02. The molecule has 1 N–H and O–H groups in total. The van der Waals surface area contributed by atoms with Crippen LogP contribution in [0.5, 0.6) is 0 Å². The fourth-order valence-corrected chi connectivity index (χ4v) is 2.84. The molecule has 2 nitrogen and oxygen atoms in total. The van der Waals surface area contributed by atoms with Crippen LogP contribution in [0, 0.1) is 0 Å². The van der Waals surface area contributed by atoms with Gasteiger partial charge in [-0.15, -0.1) is 11.8 Å². The van der Waals surface area contributed by atoms with Crippen LogP contribution in [0.1, 0.15) is 18.9 Å². The Morgan fingerprint density at radius 2 is 1.94 bits per heavy atom. The molecule has 0 aliphatic carbocycles. The molecule has 0 saturated heterocycles. The van der Waals surface area contributed by atoms with Crippen molar-refractivity contribution in [1.82, 2.24) is 4.90 Å². The quantitative estimate of drug-likeness (QED) is 0.587. The minimum Gasteiger partial charge on any atom is -1.00 e. The van der Waals surface area contributed by atoms with E-state index in [2.05, 4.69) is 41.5 Å². The number of benzene rings is 1. The Kier molecular flexibility index (Phi) is 8.93. The fourth-order valence-electron chi connectivity index (χ4n) is 1.88. The first-order valence-corrected chi connectivity index (χ1v) is 6.51. The molecule has 0 spiro atoms.